The Morgan fingerprint density at radius 1 is 0.720 bits per heavy atom. The largest absolute Gasteiger partial charge is 0.378 e. The summed E-state index contributed by atoms with van der Waals surface area (Å²) < 4.78 is 11.8. The predicted octanol–water partition coefficient (Wildman–Crippen LogP) is 6.47. The molecule has 0 spiro atoms. The fraction of sp³-hybridized carbons (Fsp3) is 1.00. The van der Waals surface area contributed by atoms with Crippen molar-refractivity contribution in [1.82, 2.24) is 0 Å². The molecule has 2 fully saturated rings. The van der Waals surface area contributed by atoms with E-state index in [9.17, 15) is 0 Å². The third-order valence-corrected chi connectivity index (χ3v) is 7.25. The molecule has 2 saturated heterocycles. The monoisotopic (exact) mass is 370 g/mol. The zero-order chi connectivity index (χ0) is 17.7. The Bertz CT molecular complexity index is 281. The second-order valence-electron chi connectivity index (χ2n) is 8.37. The van der Waals surface area contributed by atoms with Crippen LogP contribution >= 0.6 is 11.8 Å². The lowest BCUT2D eigenvalue weighted by atomic mass is 9.93. The van der Waals surface area contributed by atoms with Gasteiger partial charge in [-0.15, -0.1) is 0 Å². The van der Waals surface area contributed by atoms with Crippen molar-refractivity contribution in [3.05, 3.63) is 0 Å². The molecule has 0 saturated carbocycles. The van der Waals surface area contributed by atoms with E-state index in [0.717, 1.165) is 25.0 Å². The van der Waals surface area contributed by atoms with Gasteiger partial charge in [0.1, 0.15) is 0 Å². The van der Waals surface area contributed by atoms with E-state index in [1.54, 1.807) is 0 Å². The van der Waals surface area contributed by atoms with Gasteiger partial charge in [0, 0.05) is 13.2 Å². The standard InChI is InChI=1S/C22H42O2S/c1-19(21-13-3-7-15-23-21)11-5-9-17-25-18-10-6-12-20(2)22-14-4-8-16-24-22/h19-22H,3-18H2,1-2H3. The zero-order valence-corrected chi connectivity index (χ0v) is 17.7. The summed E-state index contributed by atoms with van der Waals surface area (Å²) in [5.41, 5.74) is 0. The Morgan fingerprint density at radius 2 is 1.20 bits per heavy atom. The molecule has 0 N–H and O–H groups in total. The molecule has 0 aromatic carbocycles. The fourth-order valence-electron chi connectivity index (χ4n) is 4.24. The van der Waals surface area contributed by atoms with Crippen molar-refractivity contribution in [2.45, 2.75) is 103 Å². The highest BCUT2D eigenvalue weighted by atomic mass is 32.2. The van der Waals surface area contributed by atoms with Gasteiger partial charge in [-0.1, -0.05) is 26.7 Å². The summed E-state index contributed by atoms with van der Waals surface area (Å²) in [5, 5.41) is 0. The van der Waals surface area contributed by atoms with Crippen LogP contribution in [0.4, 0.5) is 0 Å². The zero-order valence-electron chi connectivity index (χ0n) is 16.8. The van der Waals surface area contributed by atoms with Crippen molar-refractivity contribution in [3.8, 4) is 0 Å². The van der Waals surface area contributed by atoms with Gasteiger partial charge in [0.05, 0.1) is 12.2 Å². The van der Waals surface area contributed by atoms with Crippen LogP contribution in [0.3, 0.4) is 0 Å². The summed E-state index contributed by atoms with van der Waals surface area (Å²) in [5.74, 6) is 4.21. The van der Waals surface area contributed by atoms with E-state index < -0.39 is 0 Å². The SMILES string of the molecule is CC(CCCCSCCCCC(C)C1CCCCO1)C1CCCCO1. The van der Waals surface area contributed by atoms with Crippen LogP contribution in [0.25, 0.3) is 0 Å². The number of rotatable bonds is 12. The van der Waals surface area contributed by atoms with Crippen LogP contribution in [0.15, 0.2) is 0 Å². The number of unbranched alkanes of at least 4 members (excludes halogenated alkanes) is 2. The van der Waals surface area contributed by atoms with Gasteiger partial charge in [0.2, 0.25) is 0 Å². The van der Waals surface area contributed by atoms with Crippen LogP contribution in [0.1, 0.15) is 90.9 Å². The van der Waals surface area contributed by atoms with Crippen molar-refractivity contribution in [1.29, 1.82) is 0 Å². The molecule has 0 bridgehead atoms. The van der Waals surface area contributed by atoms with E-state index in [0.29, 0.717) is 12.2 Å². The van der Waals surface area contributed by atoms with Gasteiger partial charge >= 0.3 is 0 Å². The van der Waals surface area contributed by atoms with E-state index in [-0.39, 0.29) is 0 Å². The molecule has 3 heteroatoms. The molecule has 2 heterocycles. The Balaban J connectivity index is 1.36. The number of thioether (sulfide) groups is 1. The van der Waals surface area contributed by atoms with Gasteiger partial charge in [-0.25, -0.2) is 0 Å². The third-order valence-electron chi connectivity index (χ3n) is 6.10. The van der Waals surface area contributed by atoms with Gasteiger partial charge in [-0.05, 0) is 87.5 Å². The lowest BCUT2D eigenvalue weighted by molar-refractivity contribution is -0.0187. The predicted molar refractivity (Wildman–Crippen MR) is 111 cm³/mol. The van der Waals surface area contributed by atoms with Crippen molar-refractivity contribution < 1.29 is 9.47 Å². The van der Waals surface area contributed by atoms with E-state index in [4.69, 9.17) is 9.47 Å². The van der Waals surface area contributed by atoms with E-state index in [2.05, 4.69) is 25.6 Å². The average Bonchev–Trinajstić information content (AvgIpc) is 2.67. The van der Waals surface area contributed by atoms with Gasteiger partial charge in [0.25, 0.3) is 0 Å². The second kappa shape index (κ2) is 13.4. The number of hydrogen-bond donors (Lipinski definition) is 0. The molecule has 25 heavy (non-hydrogen) atoms. The van der Waals surface area contributed by atoms with Crippen LogP contribution in [0, 0.1) is 11.8 Å². The second-order valence-corrected chi connectivity index (χ2v) is 9.59. The minimum atomic E-state index is 0.552. The van der Waals surface area contributed by atoms with Crippen LogP contribution in [0.5, 0.6) is 0 Å². The summed E-state index contributed by atoms with van der Waals surface area (Å²) in [4.78, 5) is 0. The highest BCUT2D eigenvalue weighted by Crippen LogP contribution is 2.25. The maximum atomic E-state index is 5.91. The Kier molecular flexibility index (Phi) is 11.6. The lowest BCUT2D eigenvalue weighted by Gasteiger charge is -2.28. The smallest absolute Gasteiger partial charge is 0.0600 e. The topological polar surface area (TPSA) is 18.5 Å². The van der Waals surface area contributed by atoms with Crippen molar-refractivity contribution in [2.24, 2.45) is 11.8 Å². The molecule has 148 valence electrons. The summed E-state index contributed by atoms with van der Waals surface area (Å²) in [6, 6.07) is 0. The first-order valence-corrected chi connectivity index (χ1v) is 12.2. The fourth-order valence-corrected chi connectivity index (χ4v) is 5.26. The molecule has 2 nitrogen and oxygen atoms in total. The molecular formula is C22H42O2S. The average molecular weight is 371 g/mol. The van der Waals surface area contributed by atoms with Crippen molar-refractivity contribution in [3.63, 3.8) is 0 Å². The molecule has 0 aromatic rings. The molecule has 0 amide bonds. The van der Waals surface area contributed by atoms with Gasteiger partial charge < -0.3 is 9.47 Å². The first-order chi connectivity index (χ1) is 12.3. The van der Waals surface area contributed by atoms with Gasteiger partial charge in [-0.2, -0.15) is 11.8 Å². The number of ether oxygens (including phenoxy) is 2. The van der Waals surface area contributed by atoms with Crippen LogP contribution in [-0.4, -0.2) is 36.9 Å². The summed E-state index contributed by atoms with van der Waals surface area (Å²) in [6.45, 7) is 6.77. The van der Waals surface area contributed by atoms with E-state index in [1.807, 2.05) is 0 Å². The maximum Gasteiger partial charge on any atom is 0.0600 e. The summed E-state index contributed by atoms with van der Waals surface area (Å²) in [7, 11) is 0. The maximum absolute atomic E-state index is 5.91. The Labute approximate surface area is 161 Å². The van der Waals surface area contributed by atoms with Crippen LogP contribution in [-0.2, 0) is 9.47 Å². The number of hydrogen-bond acceptors (Lipinski definition) is 3. The highest BCUT2D eigenvalue weighted by Gasteiger charge is 2.21. The van der Waals surface area contributed by atoms with Crippen molar-refractivity contribution in [2.75, 3.05) is 24.7 Å². The van der Waals surface area contributed by atoms with E-state index in [1.165, 1.54) is 88.6 Å². The first kappa shape index (κ1) is 21.6. The van der Waals surface area contributed by atoms with Gasteiger partial charge in [0.15, 0.2) is 0 Å². The molecule has 4 atom stereocenters. The van der Waals surface area contributed by atoms with E-state index >= 15 is 0 Å². The minimum Gasteiger partial charge on any atom is -0.378 e. The minimum absolute atomic E-state index is 0.552. The van der Waals surface area contributed by atoms with Gasteiger partial charge in [-0.3, -0.25) is 0 Å². The molecule has 4 unspecified atom stereocenters. The van der Waals surface area contributed by atoms with Crippen molar-refractivity contribution >= 4 is 11.8 Å². The Morgan fingerprint density at radius 3 is 1.60 bits per heavy atom. The molecule has 2 aliphatic heterocycles. The van der Waals surface area contributed by atoms with Crippen LogP contribution in [0.2, 0.25) is 0 Å². The molecule has 2 rings (SSSR count). The summed E-state index contributed by atoms with van der Waals surface area (Å²) in [6.07, 6.45) is 17.2. The molecule has 0 aliphatic carbocycles. The van der Waals surface area contributed by atoms with Crippen LogP contribution < -0.4 is 0 Å². The normalized spacial score (nSPS) is 27.1. The third kappa shape index (κ3) is 9.15. The molecule has 0 radical (unpaired) electrons. The molecule has 2 aliphatic rings. The lowest BCUT2D eigenvalue weighted by Crippen LogP contribution is -2.26. The Hall–Kier alpha value is 0.270. The first-order valence-electron chi connectivity index (χ1n) is 11.1. The molecular weight excluding hydrogens is 328 g/mol. The quantitative estimate of drug-likeness (QED) is 0.367. The molecule has 0 aromatic heterocycles. The summed E-state index contributed by atoms with van der Waals surface area (Å²) >= 11 is 2.17. The highest BCUT2D eigenvalue weighted by molar-refractivity contribution is 7.99.